The fourth-order valence-corrected chi connectivity index (χ4v) is 1.70. The number of aliphatic hydroxyl groups excluding tert-OH is 1. The van der Waals surface area contributed by atoms with Gasteiger partial charge in [0.05, 0.1) is 13.2 Å². The quantitative estimate of drug-likeness (QED) is 0.867. The van der Waals surface area contributed by atoms with E-state index in [9.17, 15) is 13.9 Å². The van der Waals surface area contributed by atoms with Crippen LogP contribution in [-0.4, -0.2) is 24.2 Å². The Morgan fingerprint density at radius 2 is 2.07 bits per heavy atom. The first-order valence-corrected chi connectivity index (χ1v) is 5.69. The Hall–Kier alpha value is -0.810. The molecule has 0 saturated heterocycles. The number of hydrogen-bond acceptors (Lipinski definition) is 3. The molecule has 0 spiro atoms. The lowest BCUT2D eigenvalue weighted by Crippen LogP contribution is -2.05. The Kier molecular flexibility index (Phi) is 4.35. The molecule has 0 fully saturated rings. The molecule has 0 saturated carbocycles. The van der Waals surface area contributed by atoms with Crippen molar-refractivity contribution in [3.8, 4) is 5.75 Å². The minimum atomic E-state index is -1.000. The van der Waals surface area contributed by atoms with Crippen molar-refractivity contribution in [2.75, 3.05) is 19.1 Å². The summed E-state index contributed by atoms with van der Waals surface area (Å²) in [6, 6.07) is 1.91. The maximum absolute atomic E-state index is 13.4. The average molecular weight is 234 g/mol. The Morgan fingerprint density at radius 1 is 1.40 bits per heavy atom. The molecule has 0 aromatic heterocycles. The SMILES string of the molecule is COc1cc(F)c(C(O)CSC)cc1F. The molecule has 0 aliphatic carbocycles. The topological polar surface area (TPSA) is 29.5 Å². The van der Waals surface area contributed by atoms with E-state index >= 15 is 0 Å². The van der Waals surface area contributed by atoms with Gasteiger partial charge in [0.1, 0.15) is 5.82 Å². The van der Waals surface area contributed by atoms with Gasteiger partial charge < -0.3 is 9.84 Å². The first-order chi connectivity index (χ1) is 7.10. The Bertz CT molecular complexity index is 344. The predicted molar refractivity (Wildman–Crippen MR) is 56.3 cm³/mol. The molecule has 0 aliphatic heterocycles. The lowest BCUT2D eigenvalue weighted by Gasteiger charge is -2.12. The molecule has 0 heterocycles. The third-order valence-electron chi connectivity index (χ3n) is 1.95. The third kappa shape index (κ3) is 2.82. The Balaban J connectivity index is 3.04. The highest BCUT2D eigenvalue weighted by atomic mass is 32.2. The molecule has 5 heteroatoms. The summed E-state index contributed by atoms with van der Waals surface area (Å²) in [5.74, 6) is -1.17. The van der Waals surface area contributed by atoms with Crippen LogP contribution in [0.5, 0.6) is 5.75 Å². The third-order valence-corrected chi connectivity index (χ3v) is 2.60. The molecule has 1 rings (SSSR count). The summed E-state index contributed by atoms with van der Waals surface area (Å²) in [5, 5.41) is 9.52. The second kappa shape index (κ2) is 5.32. The van der Waals surface area contributed by atoms with Gasteiger partial charge in [-0.05, 0) is 12.3 Å². The second-order valence-electron chi connectivity index (χ2n) is 2.98. The fourth-order valence-electron chi connectivity index (χ4n) is 1.20. The maximum atomic E-state index is 13.4. The van der Waals surface area contributed by atoms with Crippen LogP contribution in [0, 0.1) is 11.6 Å². The first-order valence-electron chi connectivity index (χ1n) is 4.30. The first kappa shape index (κ1) is 12.3. The molecule has 1 atom stereocenters. The van der Waals surface area contributed by atoms with Crippen molar-refractivity contribution in [3.63, 3.8) is 0 Å². The summed E-state index contributed by atoms with van der Waals surface area (Å²) in [6.45, 7) is 0. The van der Waals surface area contributed by atoms with Crippen molar-refractivity contribution in [2.45, 2.75) is 6.10 Å². The van der Waals surface area contributed by atoms with E-state index in [1.54, 1.807) is 6.26 Å². The van der Waals surface area contributed by atoms with Gasteiger partial charge in [-0.1, -0.05) is 0 Å². The summed E-state index contributed by atoms with van der Waals surface area (Å²) >= 11 is 1.36. The molecule has 1 aromatic carbocycles. The molecular weight excluding hydrogens is 222 g/mol. The largest absolute Gasteiger partial charge is 0.494 e. The van der Waals surface area contributed by atoms with Crippen LogP contribution in [0.15, 0.2) is 12.1 Å². The highest BCUT2D eigenvalue weighted by molar-refractivity contribution is 7.98. The standard InChI is InChI=1S/C10H12F2O2S/c1-14-10-4-7(11)6(3-8(10)12)9(13)5-15-2/h3-4,9,13H,5H2,1-2H3. The zero-order chi connectivity index (χ0) is 11.4. The molecule has 1 N–H and O–H groups in total. The molecule has 15 heavy (non-hydrogen) atoms. The van der Waals surface area contributed by atoms with Crippen LogP contribution >= 0.6 is 11.8 Å². The molecule has 0 bridgehead atoms. The lowest BCUT2D eigenvalue weighted by atomic mass is 10.1. The van der Waals surface area contributed by atoms with Gasteiger partial charge in [-0.3, -0.25) is 0 Å². The van der Waals surface area contributed by atoms with E-state index in [1.807, 2.05) is 0 Å². The molecule has 0 aliphatic rings. The van der Waals surface area contributed by atoms with Crippen LogP contribution in [0.1, 0.15) is 11.7 Å². The minimum absolute atomic E-state index is 0.0392. The van der Waals surface area contributed by atoms with Crippen LogP contribution in [0.25, 0.3) is 0 Å². The molecule has 2 nitrogen and oxygen atoms in total. The number of rotatable bonds is 4. The van der Waals surface area contributed by atoms with Crippen LogP contribution in [0.2, 0.25) is 0 Å². The van der Waals surface area contributed by atoms with E-state index in [4.69, 9.17) is 0 Å². The van der Waals surface area contributed by atoms with Gasteiger partial charge in [0.2, 0.25) is 0 Å². The van der Waals surface area contributed by atoms with E-state index in [1.165, 1.54) is 18.9 Å². The minimum Gasteiger partial charge on any atom is -0.494 e. The number of hydrogen-bond donors (Lipinski definition) is 1. The van der Waals surface area contributed by atoms with E-state index in [0.29, 0.717) is 5.75 Å². The van der Waals surface area contributed by atoms with Crippen LogP contribution in [0.3, 0.4) is 0 Å². The molecular formula is C10H12F2O2S. The van der Waals surface area contributed by atoms with Gasteiger partial charge >= 0.3 is 0 Å². The van der Waals surface area contributed by atoms with Crippen molar-refractivity contribution >= 4 is 11.8 Å². The number of methoxy groups -OCH3 is 1. The highest BCUT2D eigenvalue weighted by Gasteiger charge is 2.16. The summed E-state index contributed by atoms with van der Waals surface area (Å²) < 4.78 is 31.2. The van der Waals surface area contributed by atoms with Gasteiger partial charge in [0, 0.05) is 17.4 Å². The maximum Gasteiger partial charge on any atom is 0.165 e. The van der Waals surface area contributed by atoms with Crippen LogP contribution < -0.4 is 4.74 Å². The lowest BCUT2D eigenvalue weighted by molar-refractivity contribution is 0.198. The van der Waals surface area contributed by atoms with Crippen molar-refractivity contribution < 1.29 is 18.6 Å². The van der Waals surface area contributed by atoms with Crippen LogP contribution in [-0.2, 0) is 0 Å². The number of ether oxygens (including phenoxy) is 1. The normalized spacial score (nSPS) is 12.6. The van der Waals surface area contributed by atoms with Gasteiger partial charge in [0.25, 0.3) is 0 Å². The number of halogens is 2. The summed E-state index contributed by atoms with van der Waals surface area (Å²) in [5.41, 5.74) is -0.0392. The highest BCUT2D eigenvalue weighted by Crippen LogP contribution is 2.26. The number of aliphatic hydroxyl groups is 1. The van der Waals surface area contributed by atoms with Gasteiger partial charge in [-0.25, -0.2) is 8.78 Å². The van der Waals surface area contributed by atoms with Crippen molar-refractivity contribution in [1.82, 2.24) is 0 Å². The van der Waals surface area contributed by atoms with Crippen LogP contribution in [0.4, 0.5) is 8.78 Å². The Labute approximate surface area is 91.3 Å². The zero-order valence-electron chi connectivity index (χ0n) is 8.46. The van der Waals surface area contributed by atoms with Crippen molar-refractivity contribution in [3.05, 3.63) is 29.3 Å². The summed E-state index contributed by atoms with van der Waals surface area (Å²) in [4.78, 5) is 0. The Morgan fingerprint density at radius 3 is 2.60 bits per heavy atom. The number of thioether (sulfide) groups is 1. The summed E-state index contributed by atoms with van der Waals surface area (Å²) in [6.07, 6.45) is 0.779. The van der Waals surface area contributed by atoms with E-state index in [-0.39, 0.29) is 11.3 Å². The fraction of sp³-hybridized carbons (Fsp3) is 0.400. The summed E-state index contributed by atoms with van der Waals surface area (Å²) in [7, 11) is 1.26. The molecule has 1 aromatic rings. The predicted octanol–water partition coefficient (Wildman–Crippen LogP) is 2.37. The van der Waals surface area contributed by atoms with E-state index in [2.05, 4.69) is 4.74 Å². The van der Waals surface area contributed by atoms with Crippen molar-refractivity contribution in [2.24, 2.45) is 0 Å². The smallest absolute Gasteiger partial charge is 0.165 e. The van der Waals surface area contributed by atoms with Gasteiger partial charge in [-0.15, -0.1) is 0 Å². The van der Waals surface area contributed by atoms with E-state index in [0.717, 1.165) is 12.1 Å². The molecule has 1 unspecified atom stereocenters. The van der Waals surface area contributed by atoms with Gasteiger partial charge in [0.15, 0.2) is 11.6 Å². The van der Waals surface area contributed by atoms with Gasteiger partial charge in [-0.2, -0.15) is 11.8 Å². The average Bonchev–Trinajstić information content (AvgIpc) is 2.21. The molecule has 0 amide bonds. The molecule has 84 valence electrons. The zero-order valence-corrected chi connectivity index (χ0v) is 9.28. The number of benzene rings is 1. The monoisotopic (exact) mass is 234 g/mol. The van der Waals surface area contributed by atoms with Crippen molar-refractivity contribution in [1.29, 1.82) is 0 Å². The van der Waals surface area contributed by atoms with E-state index < -0.39 is 17.7 Å². The molecule has 0 radical (unpaired) electrons. The second-order valence-corrected chi connectivity index (χ2v) is 3.89.